The summed E-state index contributed by atoms with van der Waals surface area (Å²) in [6.45, 7) is 1.80. The number of nitrogens with zero attached hydrogens (tertiary/aromatic N) is 4. The van der Waals surface area contributed by atoms with Gasteiger partial charge >= 0.3 is 6.18 Å². The maximum Gasteiger partial charge on any atom is 0.451 e. The van der Waals surface area contributed by atoms with Crippen molar-refractivity contribution >= 4 is 15.9 Å². The highest BCUT2D eigenvalue weighted by Crippen LogP contribution is 2.42. The summed E-state index contributed by atoms with van der Waals surface area (Å²) >= 11 is 0. The fourth-order valence-electron chi connectivity index (χ4n) is 4.83. The molecule has 206 valence electrons. The number of pyridine rings is 1. The van der Waals surface area contributed by atoms with E-state index in [1.807, 2.05) is 0 Å². The third-order valence-electron chi connectivity index (χ3n) is 6.99. The van der Waals surface area contributed by atoms with E-state index >= 15 is 0 Å². The average molecular weight is 564 g/mol. The summed E-state index contributed by atoms with van der Waals surface area (Å²) < 4.78 is 79.7. The van der Waals surface area contributed by atoms with E-state index in [1.54, 1.807) is 19.2 Å². The van der Waals surface area contributed by atoms with Gasteiger partial charge in [-0.3, -0.25) is 9.78 Å². The number of alkyl halides is 3. The number of halogens is 4. The minimum Gasteiger partial charge on any atom is -0.351 e. The molecule has 8 nitrogen and oxygen atoms in total. The molecule has 1 saturated carbocycles. The Balaban J connectivity index is 1.36. The van der Waals surface area contributed by atoms with E-state index in [0.717, 1.165) is 48.5 Å². The van der Waals surface area contributed by atoms with Crippen molar-refractivity contribution in [3.63, 3.8) is 0 Å². The molecule has 0 bridgehead atoms. The fourth-order valence-corrected chi connectivity index (χ4v) is 6.67. The number of rotatable bonds is 7. The monoisotopic (exact) mass is 563 g/mol. The number of aromatic nitrogens is 3. The van der Waals surface area contributed by atoms with E-state index in [9.17, 15) is 30.8 Å². The summed E-state index contributed by atoms with van der Waals surface area (Å²) in [7, 11) is -4.05. The molecular formula is C26H25F4N5O3S. The average Bonchev–Trinajstić information content (AvgIpc) is 3.67. The molecule has 2 aromatic heterocycles. The van der Waals surface area contributed by atoms with Crippen LogP contribution in [-0.4, -0.2) is 45.7 Å². The molecule has 2 aliphatic rings. The lowest BCUT2D eigenvalue weighted by Crippen LogP contribution is -2.48. The molecule has 2 fully saturated rings. The number of carbonyl (C=O) groups is 1. The lowest BCUT2D eigenvalue weighted by Gasteiger charge is -2.27. The lowest BCUT2D eigenvalue weighted by atomic mass is 10.0. The van der Waals surface area contributed by atoms with E-state index in [-0.39, 0.29) is 17.4 Å². The molecule has 1 amide bonds. The van der Waals surface area contributed by atoms with Crippen molar-refractivity contribution in [2.24, 2.45) is 0 Å². The van der Waals surface area contributed by atoms with Crippen LogP contribution in [0.15, 0.2) is 53.8 Å². The molecule has 3 aromatic rings. The van der Waals surface area contributed by atoms with Crippen molar-refractivity contribution in [2.45, 2.75) is 68.2 Å². The van der Waals surface area contributed by atoms with Gasteiger partial charge in [0, 0.05) is 36.7 Å². The summed E-state index contributed by atoms with van der Waals surface area (Å²) in [5.74, 6) is -2.02. The van der Waals surface area contributed by atoms with Crippen LogP contribution in [0.25, 0.3) is 11.3 Å². The SMILES string of the molecule is C[C@H]1CC[C@@H](C(=O)NCc2cc(-c3cnc(C(F)(F)F)nc3)ncc2C2CC2)N1S(=O)(=O)c1ccc(F)cc1. The van der Waals surface area contributed by atoms with E-state index in [1.165, 1.54) is 16.4 Å². The Morgan fingerprint density at radius 3 is 2.31 bits per heavy atom. The minimum atomic E-state index is -4.66. The zero-order chi connectivity index (χ0) is 27.9. The maximum atomic E-state index is 13.4. The summed E-state index contributed by atoms with van der Waals surface area (Å²) in [6.07, 6.45) is 1.81. The lowest BCUT2D eigenvalue weighted by molar-refractivity contribution is -0.145. The molecule has 0 unspecified atom stereocenters. The van der Waals surface area contributed by atoms with Gasteiger partial charge in [0.1, 0.15) is 11.9 Å². The number of hydrogen-bond acceptors (Lipinski definition) is 6. The third-order valence-corrected chi connectivity index (χ3v) is 9.02. The standard InChI is InChI=1S/C26H25F4N5O3S/c1-15-2-9-23(35(15)39(37,38)20-7-5-19(27)6-8-20)24(36)32-11-17-10-22(31-14-21(17)16-3-4-16)18-12-33-25(34-13-18)26(28,29)30/h5-8,10,12-16,23H,2-4,9,11H2,1H3,(H,32,36)/t15-,23-/m0/s1. The van der Waals surface area contributed by atoms with Crippen LogP contribution >= 0.6 is 0 Å². The van der Waals surface area contributed by atoms with E-state index in [4.69, 9.17) is 0 Å². The first kappa shape index (κ1) is 27.1. The summed E-state index contributed by atoms with van der Waals surface area (Å²) in [6, 6.07) is 4.79. The summed E-state index contributed by atoms with van der Waals surface area (Å²) in [4.78, 5) is 24.3. The van der Waals surface area contributed by atoms with Crippen LogP contribution in [0.1, 0.15) is 55.5 Å². The number of hydrogen-bond donors (Lipinski definition) is 1. The molecule has 0 radical (unpaired) electrons. The van der Waals surface area contributed by atoms with Gasteiger partial charge < -0.3 is 5.32 Å². The van der Waals surface area contributed by atoms with Gasteiger partial charge in [-0.25, -0.2) is 22.8 Å². The van der Waals surface area contributed by atoms with Crippen LogP contribution < -0.4 is 5.32 Å². The maximum absolute atomic E-state index is 13.4. The highest BCUT2D eigenvalue weighted by molar-refractivity contribution is 7.89. The van der Waals surface area contributed by atoms with E-state index in [0.29, 0.717) is 24.1 Å². The first-order chi connectivity index (χ1) is 18.4. The van der Waals surface area contributed by atoms with Crippen LogP contribution in [-0.2, 0) is 27.5 Å². The van der Waals surface area contributed by atoms with Crippen LogP contribution in [0.4, 0.5) is 17.6 Å². The van der Waals surface area contributed by atoms with Crippen molar-refractivity contribution in [3.05, 3.63) is 71.7 Å². The van der Waals surface area contributed by atoms with E-state index < -0.39 is 45.8 Å². The summed E-state index contributed by atoms with van der Waals surface area (Å²) in [5.41, 5.74) is 2.30. The van der Waals surface area contributed by atoms with Crippen molar-refractivity contribution in [3.8, 4) is 11.3 Å². The molecule has 1 saturated heterocycles. The van der Waals surface area contributed by atoms with Crippen LogP contribution in [0, 0.1) is 5.82 Å². The Kier molecular flexibility index (Phi) is 7.14. The van der Waals surface area contributed by atoms with Gasteiger partial charge in [0.05, 0.1) is 10.6 Å². The fraction of sp³-hybridized carbons (Fsp3) is 0.385. The van der Waals surface area contributed by atoms with Crippen LogP contribution in [0.2, 0.25) is 0 Å². The molecule has 3 heterocycles. The molecule has 5 rings (SSSR count). The van der Waals surface area contributed by atoms with Crippen molar-refractivity contribution in [1.82, 2.24) is 24.6 Å². The second-order valence-electron chi connectivity index (χ2n) is 9.78. The number of benzene rings is 1. The van der Waals surface area contributed by atoms with Crippen LogP contribution in [0.3, 0.4) is 0 Å². The quantitative estimate of drug-likeness (QED) is 0.427. The van der Waals surface area contributed by atoms with Crippen molar-refractivity contribution in [2.75, 3.05) is 0 Å². The second kappa shape index (κ2) is 10.3. The van der Waals surface area contributed by atoms with Gasteiger partial charge in [0.25, 0.3) is 0 Å². The minimum absolute atomic E-state index is 0.0804. The molecule has 0 spiro atoms. The number of nitrogens with one attached hydrogen (secondary N) is 1. The largest absolute Gasteiger partial charge is 0.451 e. The smallest absolute Gasteiger partial charge is 0.351 e. The molecular weight excluding hydrogens is 538 g/mol. The van der Waals surface area contributed by atoms with Gasteiger partial charge in [0.15, 0.2) is 0 Å². The zero-order valence-corrected chi connectivity index (χ0v) is 21.6. The third kappa shape index (κ3) is 5.64. The molecule has 1 aliphatic heterocycles. The first-order valence-corrected chi connectivity index (χ1v) is 13.8. The Morgan fingerprint density at radius 2 is 1.69 bits per heavy atom. The summed E-state index contributed by atoms with van der Waals surface area (Å²) in [5, 5.41) is 2.84. The predicted octanol–water partition coefficient (Wildman–Crippen LogP) is 4.43. The van der Waals surface area contributed by atoms with Gasteiger partial charge in [-0.05, 0) is 80.0 Å². The number of carbonyl (C=O) groups excluding carboxylic acids is 1. The molecule has 2 atom stereocenters. The van der Waals surface area contributed by atoms with Crippen LogP contribution in [0.5, 0.6) is 0 Å². The highest BCUT2D eigenvalue weighted by Gasteiger charge is 2.43. The Labute approximate surface area is 222 Å². The number of sulfonamides is 1. The van der Waals surface area contributed by atoms with E-state index in [2.05, 4.69) is 20.3 Å². The molecule has 1 aromatic carbocycles. The molecule has 1 N–H and O–H groups in total. The molecule has 1 aliphatic carbocycles. The predicted molar refractivity (Wildman–Crippen MR) is 132 cm³/mol. The highest BCUT2D eigenvalue weighted by atomic mass is 32.2. The molecule has 39 heavy (non-hydrogen) atoms. The Morgan fingerprint density at radius 1 is 1.03 bits per heavy atom. The van der Waals surface area contributed by atoms with Gasteiger partial charge in [-0.15, -0.1) is 0 Å². The van der Waals surface area contributed by atoms with Crippen molar-refractivity contribution < 1.29 is 30.8 Å². The van der Waals surface area contributed by atoms with Crippen molar-refractivity contribution in [1.29, 1.82) is 0 Å². The first-order valence-electron chi connectivity index (χ1n) is 12.4. The van der Waals surface area contributed by atoms with Gasteiger partial charge in [-0.1, -0.05) is 0 Å². The molecule has 13 heteroatoms. The Hall–Kier alpha value is -3.45. The normalized spacial score (nSPS) is 20.2. The number of amides is 1. The van der Waals surface area contributed by atoms with Gasteiger partial charge in [-0.2, -0.15) is 17.5 Å². The zero-order valence-electron chi connectivity index (χ0n) is 20.8. The second-order valence-corrected chi connectivity index (χ2v) is 11.6. The Bertz CT molecular complexity index is 1480. The topological polar surface area (TPSA) is 105 Å². The van der Waals surface area contributed by atoms with Gasteiger partial charge in [0.2, 0.25) is 21.8 Å².